The summed E-state index contributed by atoms with van der Waals surface area (Å²) in [5.74, 6) is 0. The number of nitro groups is 1. The lowest BCUT2D eigenvalue weighted by atomic mass is 10.3. The number of nitrogens with zero attached hydrogens (tertiary/aromatic N) is 2. The molecule has 0 saturated carbocycles. The smallest absolute Gasteiger partial charge is 0.258 e. The molecule has 1 rings (SSSR count). The van der Waals surface area contributed by atoms with E-state index in [1.54, 1.807) is 18.2 Å². The lowest BCUT2D eigenvalue weighted by Crippen LogP contribution is -1.84. The molecule has 0 aromatic heterocycles. The number of rotatable bonds is 1. The van der Waals surface area contributed by atoms with Crippen LogP contribution in [0.4, 0.5) is 5.69 Å². The van der Waals surface area contributed by atoms with Gasteiger partial charge in [-0.2, -0.15) is 8.42 Å². The van der Waals surface area contributed by atoms with E-state index < -0.39 is 15.4 Å². The summed E-state index contributed by atoms with van der Waals surface area (Å²) in [5, 5.41) is 10.0. The van der Waals surface area contributed by atoms with Gasteiger partial charge in [0.05, 0.1) is 4.92 Å². The Morgan fingerprint density at radius 3 is 1.85 bits per heavy atom. The van der Waals surface area contributed by atoms with E-state index in [0.29, 0.717) is 0 Å². The number of non-ortho nitro benzene ring substituents is 1. The Morgan fingerprint density at radius 2 is 1.62 bits per heavy atom. The molecular formula is C6H5N2O4S. The van der Waals surface area contributed by atoms with Gasteiger partial charge in [0, 0.05) is 12.1 Å². The van der Waals surface area contributed by atoms with Gasteiger partial charge in [-0.05, 0) is 4.78 Å². The lowest BCUT2D eigenvalue weighted by Gasteiger charge is -1.85. The molecular weight excluding hydrogens is 196 g/mol. The van der Waals surface area contributed by atoms with Gasteiger partial charge in [-0.15, -0.1) is 0 Å². The van der Waals surface area contributed by atoms with Crippen LogP contribution in [0.5, 0.6) is 0 Å². The van der Waals surface area contributed by atoms with E-state index >= 15 is 0 Å². The summed E-state index contributed by atoms with van der Waals surface area (Å²) in [6, 6.07) is 7.93. The number of benzene rings is 1. The number of hydrogen-bond donors (Lipinski definition) is 0. The van der Waals surface area contributed by atoms with E-state index in [-0.39, 0.29) is 5.69 Å². The minimum absolute atomic E-state index is 0.137. The summed E-state index contributed by atoms with van der Waals surface area (Å²) in [6.45, 7) is 0. The first-order valence-electron chi connectivity index (χ1n) is 3.02. The van der Waals surface area contributed by atoms with Crippen molar-refractivity contribution in [2.24, 2.45) is 0 Å². The second-order valence-electron chi connectivity index (χ2n) is 1.81. The molecule has 0 bridgehead atoms. The van der Waals surface area contributed by atoms with Gasteiger partial charge >= 0.3 is 10.5 Å². The van der Waals surface area contributed by atoms with Crippen molar-refractivity contribution in [1.82, 2.24) is 4.78 Å². The first-order chi connectivity index (χ1) is 6.04. The Hall–Kier alpha value is -1.76. The molecule has 1 aromatic carbocycles. The fraction of sp³-hybridized carbons (Fsp3) is 0. The van der Waals surface area contributed by atoms with Gasteiger partial charge in [-0.25, -0.2) is 0 Å². The molecule has 1 radical (unpaired) electrons. The third-order valence-corrected chi connectivity index (χ3v) is 0.967. The van der Waals surface area contributed by atoms with E-state index in [0.717, 1.165) is 0 Å². The van der Waals surface area contributed by atoms with Crippen LogP contribution < -0.4 is 4.78 Å². The van der Waals surface area contributed by atoms with Crippen LogP contribution in [0.25, 0.3) is 0 Å². The van der Waals surface area contributed by atoms with Crippen LogP contribution >= 0.6 is 0 Å². The van der Waals surface area contributed by atoms with Crippen molar-refractivity contribution < 1.29 is 13.3 Å². The van der Waals surface area contributed by atoms with Crippen molar-refractivity contribution in [3.05, 3.63) is 40.4 Å². The Labute approximate surface area is 75.5 Å². The fourth-order valence-electron chi connectivity index (χ4n) is 0.550. The highest BCUT2D eigenvalue weighted by molar-refractivity contribution is 7.60. The summed E-state index contributed by atoms with van der Waals surface area (Å²) in [6.07, 6.45) is 0. The molecule has 0 N–H and O–H groups in total. The topological polar surface area (TPSA) is 99.6 Å². The van der Waals surface area contributed by atoms with Gasteiger partial charge in [0.2, 0.25) is 0 Å². The first-order valence-corrected chi connectivity index (χ1v) is 4.05. The second kappa shape index (κ2) is 5.84. The van der Waals surface area contributed by atoms with E-state index in [4.69, 9.17) is 13.2 Å². The maximum absolute atomic E-state index is 10.0. The van der Waals surface area contributed by atoms with Crippen LogP contribution in [-0.4, -0.2) is 13.3 Å². The number of hydrogen-bond acceptors (Lipinski definition) is 4. The maximum Gasteiger partial charge on any atom is 0.335 e. The normalized spacial score (nSPS) is 8.00. The average molecular weight is 201 g/mol. The van der Waals surface area contributed by atoms with Gasteiger partial charge in [-0.3, -0.25) is 10.1 Å². The lowest BCUT2D eigenvalue weighted by molar-refractivity contribution is -0.384. The molecule has 0 aliphatic rings. The fourth-order valence-corrected chi connectivity index (χ4v) is 0.550. The maximum atomic E-state index is 10.0. The summed E-state index contributed by atoms with van der Waals surface area (Å²) in [5.41, 5.74) is 0.137. The minimum Gasteiger partial charge on any atom is -0.258 e. The van der Waals surface area contributed by atoms with Crippen molar-refractivity contribution in [1.29, 1.82) is 0 Å². The highest BCUT2D eigenvalue weighted by atomic mass is 32.2. The third kappa shape index (κ3) is 6.63. The van der Waals surface area contributed by atoms with Crippen LogP contribution in [0.3, 0.4) is 0 Å². The zero-order valence-electron chi connectivity index (χ0n) is 6.32. The van der Waals surface area contributed by atoms with Crippen molar-refractivity contribution >= 4 is 16.2 Å². The van der Waals surface area contributed by atoms with Gasteiger partial charge in [-0.1, -0.05) is 18.2 Å². The molecule has 6 nitrogen and oxygen atoms in total. The molecule has 1 aromatic rings. The van der Waals surface area contributed by atoms with E-state index in [1.807, 2.05) is 0 Å². The molecule has 7 heteroatoms. The molecule has 0 saturated heterocycles. The molecule has 0 aliphatic carbocycles. The minimum atomic E-state index is -2.86. The van der Waals surface area contributed by atoms with Gasteiger partial charge in [0.15, 0.2) is 0 Å². The van der Waals surface area contributed by atoms with E-state index in [9.17, 15) is 10.1 Å². The van der Waals surface area contributed by atoms with Crippen molar-refractivity contribution in [3.8, 4) is 0 Å². The van der Waals surface area contributed by atoms with Gasteiger partial charge in [0.1, 0.15) is 0 Å². The Kier molecular flexibility index (Phi) is 5.05. The van der Waals surface area contributed by atoms with Crippen LogP contribution in [0.1, 0.15) is 0 Å². The molecule has 69 valence electrons. The quantitative estimate of drug-likeness (QED) is 0.486. The summed E-state index contributed by atoms with van der Waals surface area (Å²) >= 11 is 0. The zero-order valence-corrected chi connectivity index (χ0v) is 7.14. The van der Waals surface area contributed by atoms with Crippen LogP contribution in [0.2, 0.25) is 0 Å². The molecule has 0 fully saturated rings. The molecule has 0 aliphatic heterocycles. The van der Waals surface area contributed by atoms with E-state index in [1.165, 1.54) is 12.1 Å². The first kappa shape index (κ1) is 11.2. The van der Waals surface area contributed by atoms with Gasteiger partial charge in [0.25, 0.3) is 5.69 Å². The summed E-state index contributed by atoms with van der Waals surface area (Å²) < 4.78 is 24.1. The number of nitro benzene ring substituents is 1. The highest BCUT2D eigenvalue weighted by Crippen LogP contribution is 2.06. The third-order valence-electron chi connectivity index (χ3n) is 0.967. The van der Waals surface area contributed by atoms with Gasteiger partial charge < -0.3 is 0 Å². The van der Waals surface area contributed by atoms with Crippen molar-refractivity contribution in [3.63, 3.8) is 0 Å². The predicted octanol–water partition coefficient (Wildman–Crippen LogP) is 0.444. The Morgan fingerprint density at radius 1 is 1.23 bits per heavy atom. The zero-order chi connectivity index (χ0) is 10.3. The highest BCUT2D eigenvalue weighted by Gasteiger charge is 1.98. The van der Waals surface area contributed by atoms with Crippen molar-refractivity contribution in [2.75, 3.05) is 0 Å². The molecule has 0 spiro atoms. The van der Waals surface area contributed by atoms with Crippen LogP contribution in [0.15, 0.2) is 30.3 Å². The predicted molar refractivity (Wildman–Crippen MR) is 44.2 cm³/mol. The SMILES string of the molecule is O=[N+]([O-])c1ccccc1.[N]=S(=O)=O. The average Bonchev–Trinajstić information content (AvgIpc) is 2.05. The van der Waals surface area contributed by atoms with Crippen LogP contribution in [-0.2, 0) is 10.5 Å². The van der Waals surface area contributed by atoms with Crippen molar-refractivity contribution in [2.45, 2.75) is 0 Å². The van der Waals surface area contributed by atoms with Crippen LogP contribution in [0, 0.1) is 10.1 Å². The summed E-state index contributed by atoms with van der Waals surface area (Å²) in [7, 11) is -2.86. The molecule has 0 heterocycles. The molecule has 13 heavy (non-hydrogen) atoms. The standard InChI is InChI=1S/C6H5NO2.NO2S/c8-7(9)6-4-2-1-3-5-6;1-4(2)3/h1-5H;. The second-order valence-corrected chi connectivity index (χ2v) is 2.24. The monoisotopic (exact) mass is 201 g/mol. The Balaban J connectivity index is 0.000000310. The largest absolute Gasteiger partial charge is 0.335 e. The Bertz CT molecular complexity index is 365. The summed E-state index contributed by atoms with van der Waals surface area (Å²) in [4.78, 5) is 9.59. The molecule has 0 unspecified atom stereocenters. The molecule has 0 atom stereocenters. The number of para-hydroxylation sites is 1. The molecule has 0 amide bonds. The van der Waals surface area contributed by atoms with E-state index in [2.05, 4.69) is 0 Å².